The largest absolute Gasteiger partial charge is 0.480 e. The zero-order valence-electron chi connectivity index (χ0n) is 14.9. The molecule has 6 N–H and O–H groups in total. The van der Waals surface area contributed by atoms with Gasteiger partial charge in [0, 0.05) is 24.7 Å². The third-order valence-corrected chi connectivity index (χ3v) is 3.98. The van der Waals surface area contributed by atoms with Crippen LogP contribution in [0, 0.1) is 0 Å². The number of carboxylic acid groups (broad SMARTS) is 1. The first kappa shape index (κ1) is 20.1. The number of aromatic nitrogens is 2. The number of nitrogens with zero attached hydrogens (tertiary/aromatic N) is 1. The van der Waals surface area contributed by atoms with E-state index >= 15 is 0 Å². The highest BCUT2D eigenvalue weighted by molar-refractivity contribution is 5.91. The SMILES string of the molecule is C[C@H](NC(=O)[C@H](Cc1ccccc1)NC(=O)[C@@H](N)Cc1cnc[nH]1)C(=O)O. The van der Waals surface area contributed by atoms with Crippen LogP contribution in [0.25, 0.3) is 0 Å². The van der Waals surface area contributed by atoms with Gasteiger partial charge < -0.3 is 26.5 Å². The Morgan fingerprint density at radius 1 is 1.15 bits per heavy atom. The number of hydrogen-bond acceptors (Lipinski definition) is 5. The van der Waals surface area contributed by atoms with E-state index in [1.807, 2.05) is 30.3 Å². The monoisotopic (exact) mass is 373 g/mol. The van der Waals surface area contributed by atoms with E-state index in [1.54, 1.807) is 6.20 Å². The average Bonchev–Trinajstić information content (AvgIpc) is 3.14. The Morgan fingerprint density at radius 3 is 2.44 bits per heavy atom. The molecule has 144 valence electrons. The van der Waals surface area contributed by atoms with E-state index in [1.165, 1.54) is 13.3 Å². The lowest BCUT2D eigenvalue weighted by atomic mass is 10.0. The van der Waals surface area contributed by atoms with Crippen molar-refractivity contribution in [3.05, 3.63) is 54.1 Å². The molecular weight excluding hydrogens is 350 g/mol. The summed E-state index contributed by atoms with van der Waals surface area (Å²) in [6, 6.07) is 6.19. The fourth-order valence-electron chi connectivity index (χ4n) is 2.44. The number of hydrogen-bond donors (Lipinski definition) is 5. The van der Waals surface area contributed by atoms with Crippen molar-refractivity contribution in [2.24, 2.45) is 5.73 Å². The molecule has 1 heterocycles. The molecule has 2 rings (SSSR count). The number of carbonyl (C=O) groups excluding carboxylic acids is 2. The molecule has 3 atom stereocenters. The summed E-state index contributed by atoms with van der Waals surface area (Å²) in [5, 5.41) is 14.0. The van der Waals surface area contributed by atoms with Gasteiger partial charge in [0.15, 0.2) is 0 Å². The summed E-state index contributed by atoms with van der Waals surface area (Å²) in [7, 11) is 0. The van der Waals surface area contributed by atoms with Crippen molar-refractivity contribution in [3.8, 4) is 0 Å². The Morgan fingerprint density at radius 2 is 1.85 bits per heavy atom. The summed E-state index contributed by atoms with van der Waals surface area (Å²) in [5.41, 5.74) is 7.43. The fourth-order valence-corrected chi connectivity index (χ4v) is 2.44. The van der Waals surface area contributed by atoms with Gasteiger partial charge in [0.2, 0.25) is 11.8 Å². The van der Waals surface area contributed by atoms with Gasteiger partial charge in [-0.1, -0.05) is 30.3 Å². The van der Waals surface area contributed by atoms with Gasteiger partial charge in [-0.05, 0) is 12.5 Å². The number of aliphatic carboxylic acids is 1. The zero-order chi connectivity index (χ0) is 19.8. The second-order valence-electron chi connectivity index (χ2n) is 6.21. The first-order valence-electron chi connectivity index (χ1n) is 8.47. The molecule has 1 aromatic heterocycles. The predicted octanol–water partition coefficient (Wildman–Crippen LogP) is -0.404. The smallest absolute Gasteiger partial charge is 0.325 e. The molecule has 0 bridgehead atoms. The molecule has 9 nitrogen and oxygen atoms in total. The van der Waals surface area contributed by atoms with E-state index in [9.17, 15) is 14.4 Å². The molecule has 2 aromatic rings. The van der Waals surface area contributed by atoms with Crippen LogP contribution in [0.1, 0.15) is 18.2 Å². The van der Waals surface area contributed by atoms with E-state index < -0.39 is 35.9 Å². The standard InChI is InChI=1S/C18H23N5O4/c1-11(18(26)27)22-17(25)15(7-12-5-3-2-4-6-12)23-16(24)14(19)8-13-9-20-10-21-13/h2-6,9-11,14-15H,7-8,19H2,1H3,(H,20,21)(H,22,25)(H,23,24)(H,26,27)/t11-,14-,15-/m0/s1. The summed E-state index contributed by atoms with van der Waals surface area (Å²) in [5.74, 6) is -2.26. The quantitative estimate of drug-likeness (QED) is 0.403. The van der Waals surface area contributed by atoms with Crippen LogP contribution >= 0.6 is 0 Å². The normalized spacial score (nSPS) is 14.0. The third-order valence-electron chi connectivity index (χ3n) is 3.98. The molecule has 9 heteroatoms. The number of imidazole rings is 1. The highest BCUT2D eigenvalue weighted by Crippen LogP contribution is 2.05. The van der Waals surface area contributed by atoms with E-state index in [-0.39, 0.29) is 12.8 Å². The first-order chi connectivity index (χ1) is 12.9. The van der Waals surface area contributed by atoms with E-state index in [2.05, 4.69) is 20.6 Å². The molecule has 0 radical (unpaired) electrons. The number of rotatable bonds is 9. The van der Waals surface area contributed by atoms with Crippen LogP contribution in [0.3, 0.4) is 0 Å². The molecule has 27 heavy (non-hydrogen) atoms. The molecule has 0 saturated carbocycles. The molecule has 2 amide bonds. The summed E-state index contributed by atoms with van der Waals surface area (Å²) in [6.45, 7) is 1.35. The van der Waals surface area contributed by atoms with Gasteiger partial charge in [-0.3, -0.25) is 14.4 Å². The van der Waals surface area contributed by atoms with Crippen LogP contribution in [-0.4, -0.2) is 51.0 Å². The molecule has 0 fully saturated rings. The van der Waals surface area contributed by atoms with Gasteiger partial charge in [-0.15, -0.1) is 0 Å². The Kier molecular flexibility index (Phi) is 7.07. The van der Waals surface area contributed by atoms with Crippen LogP contribution in [0.4, 0.5) is 0 Å². The maximum atomic E-state index is 12.5. The predicted molar refractivity (Wildman–Crippen MR) is 97.6 cm³/mol. The number of carboxylic acids is 1. The fraction of sp³-hybridized carbons (Fsp3) is 0.333. The Balaban J connectivity index is 2.06. The molecule has 0 aliphatic rings. The van der Waals surface area contributed by atoms with Crippen LogP contribution in [0.2, 0.25) is 0 Å². The molecule has 0 aliphatic carbocycles. The van der Waals surface area contributed by atoms with Crippen molar-refractivity contribution in [2.75, 3.05) is 0 Å². The number of amides is 2. The van der Waals surface area contributed by atoms with Crippen LogP contribution < -0.4 is 16.4 Å². The molecule has 0 unspecified atom stereocenters. The second kappa shape index (κ2) is 9.48. The second-order valence-corrected chi connectivity index (χ2v) is 6.21. The lowest BCUT2D eigenvalue weighted by Gasteiger charge is -2.22. The van der Waals surface area contributed by atoms with Crippen molar-refractivity contribution in [1.82, 2.24) is 20.6 Å². The van der Waals surface area contributed by atoms with E-state index in [4.69, 9.17) is 10.8 Å². The van der Waals surface area contributed by atoms with Crippen molar-refractivity contribution in [2.45, 2.75) is 37.9 Å². The lowest BCUT2D eigenvalue weighted by molar-refractivity contribution is -0.141. The first-order valence-corrected chi connectivity index (χ1v) is 8.47. The molecule has 0 aliphatic heterocycles. The minimum Gasteiger partial charge on any atom is -0.480 e. The topological polar surface area (TPSA) is 150 Å². The minimum absolute atomic E-state index is 0.210. The number of nitrogens with one attached hydrogen (secondary N) is 3. The van der Waals surface area contributed by atoms with Crippen molar-refractivity contribution in [3.63, 3.8) is 0 Å². The summed E-state index contributed by atoms with van der Waals surface area (Å²) in [4.78, 5) is 42.6. The number of nitrogens with two attached hydrogens (primary N) is 1. The van der Waals surface area contributed by atoms with Gasteiger partial charge in [0.25, 0.3) is 0 Å². The van der Waals surface area contributed by atoms with Gasteiger partial charge >= 0.3 is 5.97 Å². The highest BCUT2D eigenvalue weighted by atomic mass is 16.4. The van der Waals surface area contributed by atoms with Crippen LogP contribution in [0.5, 0.6) is 0 Å². The highest BCUT2D eigenvalue weighted by Gasteiger charge is 2.26. The lowest BCUT2D eigenvalue weighted by Crippen LogP contribution is -2.55. The zero-order valence-corrected chi connectivity index (χ0v) is 14.9. The average molecular weight is 373 g/mol. The Bertz CT molecular complexity index is 763. The van der Waals surface area contributed by atoms with Crippen molar-refractivity contribution >= 4 is 17.8 Å². The third kappa shape index (κ3) is 6.23. The summed E-state index contributed by atoms with van der Waals surface area (Å²) in [6.07, 6.45) is 3.49. The van der Waals surface area contributed by atoms with Gasteiger partial charge in [-0.2, -0.15) is 0 Å². The van der Waals surface area contributed by atoms with E-state index in [0.29, 0.717) is 5.69 Å². The maximum absolute atomic E-state index is 12.5. The number of benzene rings is 1. The number of H-pyrrole nitrogens is 1. The number of carbonyl (C=O) groups is 3. The van der Waals surface area contributed by atoms with Crippen molar-refractivity contribution < 1.29 is 19.5 Å². The van der Waals surface area contributed by atoms with E-state index in [0.717, 1.165) is 5.56 Å². The Labute approximate surface area is 156 Å². The molecule has 1 aromatic carbocycles. The molecule has 0 spiro atoms. The minimum atomic E-state index is -1.16. The van der Waals surface area contributed by atoms with Gasteiger partial charge in [-0.25, -0.2) is 4.98 Å². The summed E-state index contributed by atoms with van der Waals surface area (Å²) >= 11 is 0. The number of aromatic amines is 1. The van der Waals surface area contributed by atoms with Crippen LogP contribution in [-0.2, 0) is 27.2 Å². The van der Waals surface area contributed by atoms with Crippen molar-refractivity contribution in [1.29, 1.82) is 0 Å². The molecular formula is C18H23N5O4. The van der Waals surface area contributed by atoms with Crippen LogP contribution in [0.15, 0.2) is 42.9 Å². The Hall–Kier alpha value is -3.20. The maximum Gasteiger partial charge on any atom is 0.325 e. The van der Waals surface area contributed by atoms with Gasteiger partial charge in [0.1, 0.15) is 12.1 Å². The molecule has 0 saturated heterocycles. The van der Waals surface area contributed by atoms with Gasteiger partial charge in [0.05, 0.1) is 12.4 Å². The summed E-state index contributed by atoms with van der Waals surface area (Å²) < 4.78 is 0.